The zero-order chi connectivity index (χ0) is 19.7. The van der Waals surface area contributed by atoms with Crippen LogP contribution < -0.4 is 10.6 Å². The van der Waals surface area contributed by atoms with E-state index >= 15 is 0 Å². The van der Waals surface area contributed by atoms with Crippen molar-refractivity contribution in [1.82, 2.24) is 10.2 Å². The fourth-order valence-corrected chi connectivity index (χ4v) is 3.77. The molecule has 27 heavy (non-hydrogen) atoms. The first-order valence-electron chi connectivity index (χ1n) is 8.98. The molecule has 0 atom stereocenters. The third kappa shape index (κ3) is 8.51. The predicted octanol–water partition coefficient (Wildman–Crippen LogP) is 0.187. The summed E-state index contributed by atoms with van der Waals surface area (Å²) in [6, 6.07) is 7.02. The number of aryl methyl sites for hydroxylation is 1. The molecule has 1 aliphatic heterocycles. The number of rotatable bonds is 9. The number of hydrogen-bond acceptors (Lipinski definition) is 6. The van der Waals surface area contributed by atoms with E-state index in [4.69, 9.17) is 4.74 Å². The normalized spacial score (nSPS) is 15.3. The molecule has 0 spiro atoms. The number of amides is 2. The highest BCUT2D eigenvalue weighted by molar-refractivity contribution is 7.92. The molecular weight excluding hydrogens is 370 g/mol. The van der Waals surface area contributed by atoms with E-state index in [1.165, 1.54) is 0 Å². The molecule has 1 heterocycles. The summed E-state index contributed by atoms with van der Waals surface area (Å²) in [7, 11) is -3.82. The van der Waals surface area contributed by atoms with Gasteiger partial charge in [-0.1, -0.05) is 17.7 Å². The second-order valence-electron chi connectivity index (χ2n) is 6.60. The van der Waals surface area contributed by atoms with Crippen molar-refractivity contribution in [3.05, 3.63) is 29.8 Å². The van der Waals surface area contributed by atoms with E-state index in [1.54, 1.807) is 12.1 Å². The Balaban J connectivity index is 1.66. The fraction of sp³-hybridized carbons (Fsp3) is 0.556. The summed E-state index contributed by atoms with van der Waals surface area (Å²) in [5, 5.41) is 5.12. The summed E-state index contributed by atoms with van der Waals surface area (Å²) in [4.78, 5) is 26.0. The van der Waals surface area contributed by atoms with Crippen molar-refractivity contribution in [2.24, 2.45) is 0 Å². The van der Waals surface area contributed by atoms with Crippen molar-refractivity contribution < 1.29 is 22.7 Å². The molecule has 1 aromatic carbocycles. The Hall–Kier alpha value is -1.97. The van der Waals surface area contributed by atoms with Crippen molar-refractivity contribution in [3.63, 3.8) is 0 Å². The molecule has 1 fully saturated rings. The molecule has 150 valence electrons. The number of nitrogens with one attached hydrogen (secondary N) is 2. The Morgan fingerprint density at radius 1 is 1.07 bits per heavy atom. The maximum Gasteiger partial charge on any atom is 0.239 e. The van der Waals surface area contributed by atoms with Crippen LogP contribution in [0, 0.1) is 6.92 Å². The van der Waals surface area contributed by atoms with E-state index in [2.05, 4.69) is 15.5 Å². The van der Waals surface area contributed by atoms with Crippen molar-refractivity contribution in [1.29, 1.82) is 0 Å². The van der Waals surface area contributed by atoms with Gasteiger partial charge in [-0.15, -0.1) is 0 Å². The van der Waals surface area contributed by atoms with Gasteiger partial charge < -0.3 is 15.4 Å². The van der Waals surface area contributed by atoms with Crippen LogP contribution >= 0.6 is 0 Å². The molecule has 1 aliphatic rings. The number of ether oxygens (including phenoxy) is 1. The molecule has 8 nitrogen and oxygen atoms in total. The number of nitrogens with zero attached hydrogens (tertiary/aromatic N) is 1. The SMILES string of the molecule is Cc1ccc(NC(=O)CS(=O)(=O)CC(=O)NCCCN2CCOCC2)cc1. The number of anilines is 1. The van der Waals surface area contributed by atoms with Crippen molar-refractivity contribution in [2.45, 2.75) is 13.3 Å². The van der Waals surface area contributed by atoms with Crippen LogP contribution in [-0.2, 0) is 24.2 Å². The average Bonchev–Trinajstić information content (AvgIpc) is 2.60. The smallest absolute Gasteiger partial charge is 0.239 e. The number of morpholine rings is 1. The molecule has 2 N–H and O–H groups in total. The minimum Gasteiger partial charge on any atom is -0.379 e. The maximum atomic E-state index is 12.0. The summed E-state index contributed by atoms with van der Waals surface area (Å²) in [5.74, 6) is -2.65. The Labute approximate surface area is 160 Å². The summed E-state index contributed by atoms with van der Waals surface area (Å²) in [6.07, 6.45) is 0.736. The molecule has 2 rings (SSSR count). The first-order chi connectivity index (χ1) is 12.8. The van der Waals surface area contributed by atoms with Crippen LogP contribution in [0.15, 0.2) is 24.3 Å². The highest BCUT2D eigenvalue weighted by Gasteiger charge is 2.21. The van der Waals surface area contributed by atoms with Crippen LogP contribution in [0.25, 0.3) is 0 Å². The lowest BCUT2D eigenvalue weighted by Crippen LogP contribution is -2.39. The van der Waals surface area contributed by atoms with E-state index in [1.807, 2.05) is 19.1 Å². The van der Waals surface area contributed by atoms with Gasteiger partial charge in [0.1, 0.15) is 11.5 Å². The molecule has 1 saturated heterocycles. The van der Waals surface area contributed by atoms with Crippen molar-refractivity contribution in [2.75, 3.05) is 56.2 Å². The highest BCUT2D eigenvalue weighted by Crippen LogP contribution is 2.08. The first kappa shape index (κ1) is 21.3. The van der Waals surface area contributed by atoms with Gasteiger partial charge >= 0.3 is 0 Å². The van der Waals surface area contributed by atoms with Crippen LogP contribution in [0.1, 0.15) is 12.0 Å². The minimum absolute atomic E-state index is 0.404. The predicted molar refractivity (Wildman–Crippen MR) is 103 cm³/mol. The van der Waals surface area contributed by atoms with Gasteiger partial charge in [0.2, 0.25) is 11.8 Å². The number of carbonyl (C=O) groups excluding carboxylic acids is 2. The lowest BCUT2D eigenvalue weighted by atomic mass is 10.2. The molecule has 0 saturated carbocycles. The Kier molecular flexibility index (Phi) is 8.21. The fourth-order valence-electron chi connectivity index (χ4n) is 2.69. The zero-order valence-corrected chi connectivity index (χ0v) is 16.4. The Morgan fingerprint density at radius 2 is 1.70 bits per heavy atom. The second-order valence-corrected chi connectivity index (χ2v) is 8.67. The van der Waals surface area contributed by atoms with Crippen LogP contribution in [0.3, 0.4) is 0 Å². The van der Waals surface area contributed by atoms with Crippen LogP contribution in [0.4, 0.5) is 5.69 Å². The van der Waals surface area contributed by atoms with Gasteiger partial charge in [0, 0.05) is 25.3 Å². The maximum absolute atomic E-state index is 12.0. The van der Waals surface area contributed by atoms with E-state index in [0.717, 1.165) is 44.8 Å². The number of sulfone groups is 1. The lowest BCUT2D eigenvalue weighted by Gasteiger charge is -2.26. The summed E-state index contributed by atoms with van der Waals surface area (Å²) >= 11 is 0. The average molecular weight is 397 g/mol. The number of carbonyl (C=O) groups is 2. The lowest BCUT2D eigenvalue weighted by molar-refractivity contribution is -0.118. The summed E-state index contributed by atoms with van der Waals surface area (Å²) in [6.45, 7) is 6.33. The Bertz CT molecular complexity index is 728. The molecule has 1 aromatic rings. The molecule has 0 bridgehead atoms. The van der Waals surface area contributed by atoms with E-state index in [-0.39, 0.29) is 0 Å². The third-order valence-electron chi connectivity index (χ3n) is 4.11. The van der Waals surface area contributed by atoms with Gasteiger partial charge in [0.25, 0.3) is 0 Å². The zero-order valence-electron chi connectivity index (χ0n) is 15.6. The van der Waals surface area contributed by atoms with E-state index < -0.39 is 33.2 Å². The van der Waals surface area contributed by atoms with Crippen LogP contribution in [-0.4, -0.2) is 76.0 Å². The monoisotopic (exact) mass is 397 g/mol. The standard InChI is InChI=1S/C18H27N3O5S/c1-15-3-5-16(6-4-15)20-18(23)14-27(24,25)13-17(22)19-7-2-8-21-9-11-26-12-10-21/h3-6H,2,7-14H2,1H3,(H,19,22)(H,20,23). The van der Waals surface area contributed by atoms with Gasteiger partial charge in [0.05, 0.1) is 13.2 Å². The van der Waals surface area contributed by atoms with Gasteiger partial charge in [-0.25, -0.2) is 8.42 Å². The van der Waals surface area contributed by atoms with Crippen molar-refractivity contribution in [3.8, 4) is 0 Å². The summed E-state index contributed by atoms with van der Waals surface area (Å²) < 4.78 is 29.3. The van der Waals surface area contributed by atoms with E-state index in [0.29, 0.717) is 12.2 Å². The molecule has 9 heteroatoms. The molecule has 0 radical (unpaired) electrons. The van der Waals surface area contributed by atoms with Gasteiger partial charge in [0.15, 0.2) is 9.84 Å². The Morgan fingerprint density at radius 3 is 2.37 bits per heavy atom. The van der Waals surface area contributed by atoms with Gasteiger partial charge in [-0.05, 0) is 32.0 Å². The third-order valence-corrected chi connectivity index (χ3v) is 5.52. The topological polar surface area (TPSA) is 105 Å². The minimum atomic E-state index is -3.82. The van der Waals surface area contributed by atoms with E-state index in [9.17, 15) is 18.0 Å². The first-order valence-corrected chi connectivity index (χ1v) is 10.8. The molecule has 0 aliphatic carbocycles. The van der Waals surface area contributed by atoms with Gasteiger partial charge in [-0.2, -0.15) is 0 Å². The second kappa shape index (κ2) is 10.4. The van der Waals surface area contributed by atoms with Crippen LogP contribution in [0.2, 0.25) is 0 Å². The highest BCUT2D eigenvalue weighted by atomic mass is 32.2. The quantitative estimate of drug-likeness (QED) is 0.576. The van der Waals surface area contributed by atoms with Crippen molar-refractivity contribution >= 4 is 27.3 Å². The number of benzene rings is 1. The number of hydrogen-bond donors (Lipinski definition) is 2. The largest absolute Gasteiger partial charge is 0.379 e. The summed E-state index contributed by atoms with van der Waals surface area (Å²) in [5.41, 5.74) is 1.55. The van der Waals surface area contributed by atoms with Gasteiger partial charge in [-0.3, -0.25) is 14.5 Å². The molecule has 0 aromatic heterocycles. The molecule has 0 unspecified atom stereocenters. The molecule has 2 amide bonds. The van der Waals surface area contributed by atoms with Crippen LogP contribution in [0.5, 0.6) is 0 Å². The molecular formula is C18H27N3O5S.